The summed E-state index contributed by atoms with van der Waals surface area (Å²) in [5, 5.41) is 3.37. The molecule has 2 amide bonds. The molecule has 0 heterocycles. The highest BCUT2D eigenvalue weighted by atomic mass is 79.9. The molecule has 2 aromatic carbocycles. The first-order chi connectivity index (χ1) is 14.9. The summed E-state index contributed by atoms with van der Waals surface area (Å²) in [5.74, 6) is 0.0220. The Morgan fingerprint density at radius 1 is 1.19 bits per heavy atom. The highest BCUT2D eigenvalue weighted by molar-refractivity contribution is 9.10. The monoisotopic (exact) mass is 508 g/mol. The average Bonchev–Trinajstić information content (AvgIpc) is 2.74. The molecule has 1 atom stereocenters. The van der Waals surface area contributed by atoms with Crippen LogP contribution < -0.4 is 10.1 Å². The smallest absolute Gasteiger partial charge is 0.261 e. The van der Waals surface area contributed by atoms with E-state index in [1.54, 1.807) is 23.1 Å². The number of hydrogen-bond acceptors (Lipinski definition) is 3. The zero-order valence-electron chi connectivity index (χ0n) is 18.3. The van der Waals surface area contributed by atoms with E-state index in [0.717, 1.165) is 28.4 Å². The molecular formula is C24H30BrClN2O3. The molecule has 1 N–H and O–H groups in total. The summed E-state index contributed by atoms with van der Waals surface area (Å²) in [6, 6.07) is 12.5. The molecular weight excluding hydrogens is 480 g/mol. The maximum atomic E-state index is 13.2. The van der Waals surface area contributed by atoms with Crippen LogP contribution in [0.4, 0.5) is 0 Å². The molecule has 0 aromatic heterocycles. The Balaban J connectivity index is 2.21. The molecule has 0 fully saturated rings. The number of halogens is 2. The van der Waals surface area contributed by atoms with Gasteiger partial charge in [0.05, 0.1) is 5.02 Å². The van der Waals surface area contributed by atoms with E-state index in [4.69, 9.17) is 16.3 Å². The van der Waals surface area contributed by atoms with Crippen LogP contribution in [-0.4, -0.2) is 35.9 Å². The Bertz CT molecular complexity index is 891. The van der Waals surface area contributed by atoms with Crippen LogP contribution in [0.2, 0.25) is 5.02 Å². The van der Waals surface area contributed by atoms with E-state index in [-0.39, 0.29) is 18.4 Å². The van der Waals surface area contributed by atoms with Crippen LogP contribution in [0.1, 0.15) is 44.2 Å². The van der Waals surface area contributed by atoms with Gasteiger partial charge in [-0.1, -0.05) is 72.1 Å². The largest absolute Gasteiger partial charge is 0.482 e. The van der Waals surface area contributed by atoms with Crippen LogP contribution in [-0.2, 0) is 16.1 Å². The number of unbranched alkanes of at least 4 members (excludes halogenated alkanes) is 1. The predicted octanol–water partition coefficient (Wildman–Crippen LogP) is 5.51. The lowest BCUT2D eigenvalue weighted by Gasteiger charge is -2.31. The van der Waals surface area contributed by atoms with E-state index in [2.05, 4.69) is 28.2 Å². The van der Waals surface area contributed by atoms with Crippen LogP contribution >= 0.6 is 27.5 Å². The first-order valence-electron chi connectivity index (χ1n) is 10.6. The lowest BCUT2D eigenvalue weighted by molar-refractivity contribution is -0.143. The second-order valence-corrected chi connectivity index (χ2v) is 8.70. The SMILES string of the molecule is CCCCNC(=O)[C@H](CC)N(Cc1ccccc1C)C(=O)COc1ccc(Br)cc1Cl. The van der Waals surface area contributed by atoms with Gasteiger partial charge in [-0.25, -0.2) is 0 Å². The van der Waals surface area contributed by atoms with Crippen molar-refractivity contribution in [1.82, 2.24) is 10.2 Å². The number of aryl methyl sites for hydroxylation is 1. The van der Waals surface area contributed by atoms with E-state index in [1.165, 1.54) is 0 Å². The number of amides is 2. The van der Waals surface area contributed by atoms with Crippen LogP contribution in [0.15, 0.2) is 46.9 Å². The average molecular weight is 510 g/mol. The molecule has 0 saturated carbocycles. The summed E-state index contributed by atoms with van der Waals surface area (Å²) in [6.07, 6.45) is 2.40. The van der Waals surface area contributed by atoms with Crippen LogP contribution in [0.5, 0.6) is 5.75 Å². The first-order valence-corrected chi connectivity index (χ1v) is 11.7. The summed E-state index contributed by atoms with van der Waals surface area (Å²) >= 11 is 9.56. The van der Waals surface area contributed by atoms with Crippen molar-refractivity contribution < 1.29 is 14.3 Å². The summed E-state index contributed by atoms with van der Waals surface area (Å²) in [7, 11) is 0. The van der Waals surface area contributed by atoms with E-state index >= 15 is 0 Å². The van der Waals surface area contributed by atoms with E-state index in [9.17, 15) is 9.59 Å². The number of carbonyl (C=O) groups excluding carboxylic acids is 2. The second-order valence-electron chi connectivity index (χ2n) is 7.38. The Kier molecular flexibility index (Phi) is 10.3. The van der Waals surface area contributed by atoms with Gasteiger partial charge in [0, 0.05) is 17.6 Å². The minimum atomic E-state index is -0.576. The number of hydrogen-bond donors (Lipinski definition) is 1. The molecule has 31 heavy (non-hydrogen) atoms. The van der Waals surface area contributed by atoms with Crippen molar-refractivity contribution >= 4 is 39.3 Å². The van der Waals surface area contributed by atoms with Gasteiger partial charge >= 0.3 is 0 Å². The molecule has 0 bridgehead atoms. The van der Waals surface area contributed by atoms with Crippen LogP contribution in [0.25, 0.3) is 0 Å². The van der Waals surface area contributed by atoms with Crippen molar-refractivity contribution in [2.24, 2.45) is 0 Å². The van der Waals surface area contributed by atoms with Gasteiger partial charge in [0.25, 0.3) is 5.91 Å². The zero-order chi connectivity index (χ0) is 22.8. The van der Waals surface area contributed by atoms with Gasteiger partial charge in [0.15, 0.2) is 6.61 Å². The Morgan fingerprint density at radius 3 is 2.58 bits per heavy atom. The first kappa shape index (κ1) is 25.2. The number of ether oxygens (including phenoxy) is 1. The van der Waals surface area contributed by atoms with Gasteiger partial charge in [-0.2, -0.15) is 0 Å². The number of nitrogens with one attached hydrogen (secondary N) is 1. The van der Waals surface area contributed by atoms with Gasteiger partial charge in [-0.15, -0.1) is 0 Å². The van der Waals surface area contributed by atoms with E-state index in [0.29, 0.717) is 30.3 Å². The highest BCUT2D eigenvalue weighted by Crippen LogP contribution is 2.28. The van der Waals surface area contributed by atoms with Gasteiger partial charge < -0.3 is 15.0 Å². The van der Waals surface area contributed by atoms with Gasteiger partial charge in [-0.05, 0) is 49.1 Å². The predicted molar refractivity (Wildman–Crippen MR) is 128 cm³/mol. The van der Waals surface area contributed by atoms with Gasteiger partial charge in [0.1, 0.15) is 11.8 Å². The summed E-state index contributed by atoms with van der Waals surface area (Å²) in [6.45, 7) is 6.72. The topological polar surface area (TPSA) is 58.6 Å². The molecule has 7 heteroatoms. The van der Waals surface area contributed by atoms with E-state index < -0.39 is 6.04 Å². The molecule has 0 aliphatic carbocycles. The molecule has 2 rings (SSSR count). The third kappa shape index (κ3) is 7.54. The molecule has 0 radical (unpaired) electrons. The molecule has 0 aliphatic rings. The van der Waals surface area contributed by atoms with Crippen molar-refractivity contribution in [3.8, 4) is 5.75 Å². The van der Waals surface area contributed by atoms with Crippen molar-refractivity contribution in [3.63, 3.8) is 0 Å². The van der Waals surface area contributed by atoms with Crippen LogP contribution in [0.3, 0.4) is 0 Å². The minimum absolute atomic E-state index is 0.139. The summed E-state index contributed by atoms with van der Waals surface area (Å²) in [4.78, 5) is 27.7. The summed E-state index contributed by atoms with van der Waals surface area (Å²) < 4.78 is 6.53. The van der Waals surface area contributed by atoms with Crippen molar-refractivity contribution in [2.45, 2.75) is 52.6 Å². The highest BCUT2D eigenvalue weighted by Gasteiger charge is 2.29. The number of rotatable bonds is 11. The Hall–Kier alpha value is -2.05. The number of carbonyl (C=O) groups is 2. The lowest BCUT2D eigenvalue weighted by Crippen LogP contribution is -2.50. The minimum Gasteiger partial charge on any atom is -0.482 e. The van der Waals surface area contributed by atoms with E-state index in [1.807, 2.05) is 38.1 Å². The third-order valence-electron chi connectivity index (χ3n) is 5.06. The number of benzene rings is 2. The van der Waals surface area contributed by atoms with Crippen molar-refractivity contribution in [2.75, 3.05) is 13.2 Å². The van der Waals surface area contributed by atoms with Crippen molar-refractivity contribution in [1.29, 1.82) is 0 Å². The maximum Gasteiger partial charge on any atom is 0.261 e. The van der Waals surface area contributed by atoms with Gasteiger partial charge in [0.2, 0.25) is 5.91 Å². The molecule has 0 spiro atoms. The fraction of sp³-hybridized carbons (Fsp3) is 0.417. The number of nitrogens with zero attached hydrogens (tertiary/aromatic N) is 1. The fourth-order valence-electron chi connectivity index (χ4n) is 3.21. The van der Waals surface area contributed by atoms with Gasteiger partial charge in [-0.3, -0.25) is 9.59 Å². The lowest BCUT2D eigenvalue weighted by atomic mass is 10.1. The second kappa shape index (κ2) is 12.7. The fourth-order valence-corrected chi connectivity index (χ4v) is 3.94. The molecule has 5 nitrogen and oxygen atoms in total. The molecule has 2 aromatic rings. The standard InChI is InChI=1S/C24H30BrClN2O3/c1-4-6-13-27-24(30)21(5-2)28(15-18-10-8-7-9-17(18)3)23(29)16-31-22-12-11-19(25)14-20(22)26/h7-12,14,21H,4-6,13,15-16H2,1-3H3,(H,27,30)/t21-/m0/s1. The van der Waals surface area contributed by atoms with Crippen LogP contribution in [0, 0.1) is 6.92 Å². The normalized spacial score (nSPS) is 11.6. The van der Waals surface area contributed by atoms with Crippen molar-refractivity contribution in [3.05, 3.63) is 63.1 Å². The molecule has 168 valence electrons. The molecule has 0 saturated heterocycles. The summed E-state index contributed by atoms with van der Waals surface area (Å²) in [5.41, 5.74) is 2.07. The quantitative estimate of drug-likeness (QED) is 0.406. The molecule has 0 unspecified atom stereocenters. The Morgan fingerprint density at radius 2 is 1.94 bits per heavy atom. The zero-order valence-corrected chi connectivity index (χ0v) is 20.6. The maximum absolute atomic E-state index is 13.2. The molecule has 0 aliphatic heterocycles. The third-order valence-corrected chi connectivity index (χ3v) is 5.85. The Labute approximate surface area is 198 Å².